The van der Waals surface area contributed by atoms with Crippen molar-refractivity contribution in [2.24, 2.45) is 0 Å². The number of halogens is 1. The van der Waals surface area contributed by atoms with Gasteiger partial charge in [-0.05, 0) is 29.8 Å². The van der Waals surface area contributed by atoms with Crippen molar-refractivity contribution in [3.63, 3.8) is 0 Å². The molecular weight excluding hydrogens is 393 g/mol. The maximum absolute atomic E-state index is 13.0. The van der Waals surface area contributed by atoms with E-state index in [9.17, 15) is 9.18 Å². The average molecular weight is 409 g/mol. The molecule has 1 amide bonds. The van der Waals surface area contributed by atoms with Gasteiger partial charge in [-0.1, -0.05) is 17.3 Å². The summed E-state index contributed by atoms with van der Waals surface area (Å²) in [6, 6.07) is 9.89. The van der Waals surface area contributed by atoms with Gasteiger partial charge in [0.1, 0.15) is 5.82 Å². The number of nitrogens with zero attached hydrogens (tertiary/aromatic N) is 4. The molecule has 9 heteroatoms. The molecule has 3 aromatic heterocycles. The molecule has 0 fully saturated rings. The first-order valence-electron chi connectivity index (χ1n) is 8.88. The second-order valence-electron chi connectivity index (χ2n) is 6.23. The van der Waals surface area contributed by atoms with Gasteiger partial charge in [0, 0.05) is 48.3 Å². The van der Waals surface area contributed by atoms with Crippen LogP contribution in [-0.2, 0) is 17.6 Å². The average Bonchev–Trinajstić information content (AvgIpc) is 3.38. The smallest absolute Gasteiger partial charge is 0.227 e. The lowest BCUT2D eigenvalue weighted by Crippen LogP contribution is -2.12. The predicted octanol–water partition coefficient (Wildman–Crippen LogP) is 3.89. The predicted molar refractivity (Wildman–Crippen MR) is 106 cm³/mol. The summed E-state index contributed by atoms with van der Waals surface area (Å²) in [6.45, 7) is 0. The first kappa shape index (κ1) is 18.9. The van der Waals surface area contributed by atoms with Gasteiger partial charge in [-0.3, -0.25) is 9.78 Å². The van der Waals surface area contributed by atoms with Crippen LogP contribution in [0.3, 0.4) is 0 Å². The van der Waals surface area contributed by atoms with Gasteiger partial charge >= 0.3 is 0 Å². The fourth-order valence-electron chi connectivity index (χ4n) is 2.63. The van der Waals surface area contributed by atoms with Crippen molar-refractivity contribution in [1.29, 1.82) is 0 Å². The molecule has 0 bridgehead atoms. The number of thiazole rings is 1. The van der Waals surface area contributed by atoms with Crippen molar-refractivity contribution in [2.75, 3.05) is 5.32 Å². The Kier molecular flexibility index (Phi) is 5.66. The van der Waals surface area contributed by atoms with Gasteiger partial charge < -0.3 is 9.84 Å². The molecule has 0 aliphatic carbocycles. The van der Waals surface area contributed by atoms with Gasteiger partial charge in [0.15, 0.2) is 5.13 Å². The third kappa shape index (κ3) is 5.08. The Morgan fingerprint density at radius 1 is 1.14 bits per heavy atom. The van der Waals surface area contributed by atoms with E-state index < -0.39 is 0 Å². The number of aryl methyl sites for hydroxylation is 1. The zero-order valence-corrected chi connectivity index (χ0v) is 16.0. The summed E-state index contributed by atoms with van der Waals surface area (Å²) in [7, 11) is 0. The van der Waals surface area contributed by atoms with E-state index in [0.717, 1.165) is 16.0 Å². The third-order valence-corrected chi connectivity index (χ3v) is 4.98. The van der Waals surface area contributed by atoms with Crippen molar-refractivity contribution in [3.8, 4) is 11.4 Å². The quantitative estimate of drug-likeness (QED) is 0.498. The Balaban J connectivity index is 1.28. The van der Waals surface area contributed by atoms with E-state index >= 15 is 0 Å². The zero-order valence-electron chi connectivity index (χ0n) is 15.2. The maximum atomic E-state index is 13.0. The summed E-state index contributed by atoms with van der Waals surface area (Å²) < 4.78 is 18.2. The van der Waals surface area contributed by atoms with E-state index in [2.05, 4.69) is 25.4 Å². The number of anilines is 1. The minimum atomic E-state index is -0.264. The van der Waals surface area contributed by atoms with Crippen molar-refractivity contribution >= 4 is 22.4 Å². The van der Waals surface area contributed by atoms with E-state index in [0.29, 0.717) is 29.7 Å². The Morgan fingerprint density at radius 2 is 1.93 bits per heavy atom. The highest BCUT2D eigenvalue weighted by Crippen LogP contribution is 2.22. The first-order valence-corrected chi connectivity index (χ1v) is 9.69. The van der Waals surface area contributed by atoms with Crippen molar-refractivity contribution in [1.82, 2.24) is 20.1 Å². The van der Waals surface area contributed by atoms with E-state index in [4.69, 9.17) is 4.52 Å². The number of rotatable bonds is 7. The number of pyridine rings is 1. The molecule has 0 aliphatic heterocycles. The molecule has 0 aliphatic rings. The largest absolute Gasteiger partial charge is 0.339 e. The standard InChI is InChI=1S/C20H16FN5O2S/c21-15-3-1-13(2-4-15)11-16-12-23-20(29-16)24-17(27)5-6-18-25-19(26-28-18)14-7-9-22-10-8-14/h1-4,7-10,12H,5-6,11H2,(H,23,24,27). The molecule has 0 saturated carbocycles. The van der Waals surface area contributed by atoms with Crippen LogP contribution in [0.5, 0.6) is 0 Å². The SMILES string of the molecule is O=C(CCc1nc(-c2ccncc2)no1)Nc1ncc(Cc2ccc(F)cc2)s1. The Bertz CT molecular complexity index is 1100. The Labute approximate surface area is 169 Å². The number of aromatic nitrogens is 4. The molecule has 0 saturated heterocycles. The van der Waals surface area contributed by atoms with Crippen LogP contribution in [-0.4, -0.2) is 26.0 Å². The molecule has 0 radical (unpaired) electrons. The lowest BCUT2D eigenvalue weighted by atomic mass is 10.1. The minimum absolute atomic E-state index is 0.184. The first-order chi connectivity index (χ1) is 14.2. The van der Waals surface area contributed by atoms with Crippen LogP contribution in [0.1, 0.15) is 22.8 Å². The lowest BCUT2D eigenvalue weighted by molar-refractivity contribution is -0.116. The van der Waals surface area contributed by atoms with E-state index in [1.165, 1.54) is 23.5 Å². The second-order valence-corrected chi connectivity index (χ2v) is 7.35. The number of hydrogen-bond donors (Lipinski definition) is 1. The molecule has 4 aromatic rings. The minimum Gasteiger partial charge on any atom is -0.339 e. The third-order valence-electron chi connectivity index (χ3n) is 4.06. The monoisotopic (exact) mass is 409 g/mol. The fourth-order valence-corrected chi connectivity index (χ4v) is 3.49. The van der Waals surface area contributed by atoms with Crippen LogP contribution in [0.2, 0.25) is 0 Å². The van der Waals surface area contributed by atoms with Crippen molar-refractivity contribution < 1.29 is 13.7 Å². The number of carbonyl (C=O) groups is 1. The normalized spacial score (nSPS) is 10.8. The number of amides is 1. The summed E-state index contributed by atoms with van der Waals surface area (Å²) in [5.74, 6) is 0.410. The molecule has 0 spiro atoms. The Hall–Kier alpha value is -3.46. The molecule has 1 aromatic carbocycles. The molecule has 4 rings (SSSR count). The fraction of sp³-hybridized carbons (Fsp3) is 0.150. The highest BCUT2D eigenvalue weighted by molar-refractivity contribution is 7.15. The highest BCUT2D eigenvalue weighted by Gasteiger charge is 2.12. The van der Waals surface area contributed by atoms with Crippen LogP contribution < -0.4 is 5.32 Å². The molecule has 0 unspecified atom stereocenters. The summed E-state index contributed by atoms with van der Waals surface area (Å²) in [6.07, 6.45) is 6.17. The molecule has 7 nitrogen and oxygen atoms in total. The topological polar surface area (TPSA) is 93.8 Å². The molecule has 0 atom stereocenters. The van der Waals surface area contributed by atoms with Gasteiger partial charge in [-0.25, -0.2) is 9.37 Å². The van der Waals surface area contributed by atoms with Gasteiger partial charge in [0.25, 0.3) is 0 Å². The lowest BCUT2D eigenvalue weighted by Gasteiger charge is -1.99. The summed E-state index contributed by atoms with van der Waals surface area (Å²) >= 11 is 1.39. The van der Waals surface area contributed by atoms with Crippen molar-refractivity contribution in [2.45, 2.75) is 19.3 Å². The van der Waals surface area contributed by atoms with Crippen molar-refractivity contribution in [3.05, 3.63) is 77.1 Å². The molecule has 29 heavy (non-hydrogen) atoms. The number of nitrogens with one attached hydrogen (secondary N) is 1. The number of hydrogen-bond acceptors (Lipinski definition) is 7. The van der Waals surface area contributed by atoms with E-state index in [1.54, 1.807) is 42.9 Å². The zero-order chi connectivity index (χ0) is 20.1. The van der Waals surface area contributed by atoms with Crippen LogP contribution in [0.4, 0.5) is 9.52 Å². The van der Waals surface area contributed by atoms with Gasteiger partial charge in [-0.2, -0.15) is 4.98 Å². The van der Waals surface area contributed by atoms with Crippen LogP contribution in [0.15, 0.2) is 59.5 Å². The van der Waals surface area contributed by atoms with Gasteiger partial charge in [0.05, 0.1) is 0 Å². The summed E-state index contributed by atoms with van der Waals surface area (Å²) in [4.78, 5) is 25.6. The van der Waals surface area contributed by atoms with Crippen LogP contribution in [0.25, 0.3) is 11.4 Å². The molecule has 3 heterocycles. The molecule has 146 valence electrons. The number of benzene rings is 1. The van der Waals surface area contributed by atoms with Gasteiger partial charge in [-0.15, -0.1) is 11.3 Å². The molecular formula is C20H16FN5O2S. The van der Waals surface area contributed by atoms with E-state index in [1.807, 2.05) is 0 Å². The second kappa shape index (κ2) is 8.70. The maximum Gasteiger partial charge on any atom is 0.227 e. The summed E-state index contributed by atoms with van der Waals surface area (Å²) in [5.41, 5.74) is 1.78. The highest BCUT2D eigenvalue weighted by atomic mass is 32.1. The summed E-state index contributed by atoms with van der Waals surface area (Å²) in [5, 5.41) is 7.22. The number of carbonyl (C=O) groups excluding carboxylic acids is 1. The van der Waals surface area contributed by atoms with Gasteiger partial charge in [0.2, 0.25) is 17.6 Å². The van der Waals surface area contributed by atoms with E-state index in [-0.39, 0.29) is 18.1 Å². The molecule has 1 N–H and O–H groups in total. The van der Waals surface area contributed by atoms with Crippen LogP contribution in [0, 0.1) is 5.82 Å². The Morgan fingerprint density at radius 3 is 2.72 bits per heavy atom. The van der Waals surface area contributed by atoms with Crippen LogP contribution >= 0.6 is 11.3 Å².